The molecular formula is C9H19NO3. The Kier molecular flexibility index (Phi) is 4.12. The number of methoxy groups -OCH3 is 2. The smallest absolute Gasteiger partial charge is 0.169 e. The van der Waals surface area contributed by atoms with Gasteiger partial charge in [0.15, 0.2) is 6.29 Å². The minimum atomic E-state index is -0.149. The molecule has 1 saturated heterocycles. The summed E-state index contributed by atoms with van der Waals surface area (Å²) in [5.74, 6) is 0. The predicted molar refractivity (Wildman–Crippen MR) is 49.6 cm³/mol. The first-order valence-electron chi connectivity index (χ1n) is 4.54. The van der Waals surface area contributed by atoms with Gasteiger partial charge in [-0.15, -0.1) is 0 Å². The van der Waals surface area contributed by atoms with Crippen molar-refractivity contribution >= 4 is 0 Å². The Bertz CT molecular complexity index is 144. The van der Waals surface area contributed by atoms with Crippen LogP contribution in [0.1, 0.15) is 6.92 Å². The monoisotopic (exact) mass is 189 g/mol. The first kappa shape index (κ1) is 10.9. The van der Waals surface area contributed by atoms with Gasteiger partial charge in [0.1, 0.15) is 0 Å². The van der Waals surface area contributed by atoms with Crippen LogP contribution in [0.25, 0.3) is 0 Å². The molecule has 0 radical (unpaired) electrons. The van der Waals surface area contributed by atoms with Crippen LogP contribution >= 0.6 is 0 Å². The fourth-order valence-corrected chi connectivity index (χ4v) is 1.31. The van der Waals surface area contributed by atoms with Gasteiger partial charge in [-0.1, -0.05) is 6.92 Å². The lowest BCUT2D eigenvalue weighted by Crippen LogP contribution is -2.48. The van der Waals surface area contributed by atoms with Gasteiger partial charge in [-0.2, -0.15) is 0 Å². The molecule has 1 fully saturated rings. The van der Waals surface area contributed by atoms with Crippen LogP contribution in [-0.2, 0) is 14.2 Å². The number of hydrogen-bond acceptors (Lipinski definition) is 4. The molecule has 1 aliphatic heterocycles. The fraction of sp³-hybridized carbons (Fsp3) is 1.00. The third-order valence-electron chi connectivity index (χ3n) is 2.29. The number of ether oxygens (including phenoxy) is 3. The Morgan fingerprint density at radius 3 is 2.38 bits per heavy atom. The molecule has 1 N–H and O–H groups in total. The molecule has 0 amide bonds. The number of rotatable bonds is 6. The molecule has 0 aromatic carbocycles. The number of nitrogens with one attached hydrogen (secondary N) is 1. The Balaban J connectivity index is 2.05. The van der Waals surface area contributed by atoms with E-state index in [1.165, 1.54) is 0 Å². The Morgan fingerprint density at radius 1 is 1.38 bits per heavy atom. The van der Waals surface area contributed by atoms with E-state index in [1.807, 2.05) is 0 Å². The summed E-state index contributed by atoms with van der Waals surface area (Å²) in [6, 6.07) is 0. The van der Waals surface area contributed by atoms with Gasteiger partial charge in [-0.25, -0.2) is 0 Å². The minimum absolute atomic E-state index is 0.149. The maximum Gasteiger partial charge on any atom is 0.169 e. The summed E-state index contributed by atoms with van der Waals surface area (Å²) in [6.07, 6.45) is -0.149. The van der Waals surface area contributed by atoms with E-state index in [2.05, 4.69) is 12.2 Å². The van der Waals surface area contributed by atoms with Crippen LogP contribution in [-0.4, -0.2) is 46.8 Å². The van der Waals surface area contributed by atoms with Crippen molar-refractivity contribution in [2.75, 3.05) is 40.5 Å². The van der Waals surface area contributed by atoms with Crippen molar-refractivity contribution in [2.24, 2.45) is 5.41 Å². The van der Waals surface area contributed by atoms with Crippen LogP contribution in [0.5, 0.6) is 0 Å². The Hall–Kier alpha value is -0.160. The van der Waals surface area contributed by atoms with Gasteiger partial charge < -0.3 is 19.5 Å². The molecule has 4 heteroatoms. The normalized spacial score (nSPS) is 20.3. The molecule has 0 saturated carbocycles. The summed E-state index contributed by atoms with van der Waals surface area (Å²) in [5, 5.41) is 3.30. The highest BCUT2D eigenvalue weighted by molar-refractivity contribution is 4.82. The zero-order valence-electron chi connectivity index (χ0n) is 8.63. The van der Waals surface area contributed by atoms with E-state index in [0.717, 1.165) is 26.3 Å². The lowest BCUT2D eigenvalue weighted by Gasteiger charge is -2.38. The van der Waals surface area contributed by atoms with E-state index in [1.54, 1.807) is 14.2 Å². The SMILES string of the molecule is COC(CNCC1(C)COC1)OC. The molecule has 1 aliphatic rings. The van der Waals surface area contributed by atoms with Crippen molar-refractivity contribution in [3.05, 3.63) is 0 Å². The maximum atomic E-state index is 5.15. The minimum Gasteiger partial charge on any atom is -0.380 e. The molecular weight excluding hydrogens is 170 g/mol. The zero-order chi connectivity index (χ0) is 9.73. The van der Waals surface area contributed by atoms with Gasteiger partial charge in [-0.3, -0.25) is 0 Å². The molecule has 0 aromatic rings. The van der Waals surface area contributed by atoms with E-state index < -0.39 is 0 Å². The molecule has 1 heterocycles. The predicted octanol–water partition coefficient (Wildman–Crippen LogP) is 0.231. The summed E-state index contributed by atoms with van der Waals surface area (Å²) >= 11 is 0. The van der Waals surface area contributed by atoms with Gasteiger partial charge in [0, 0.05) is 32.7 Å². The van der Waals surface area contributed by atoms with E-state index in [-0.39, 0.29) is 6.29 Å². The van der Waals surface area contributed by atoms with Gasteiger partial charge in [0.05, 0.1) is 13.2 Å². The van der Waals surface area contributed by atoms with Crippen molar-refractivity contribution in [1.82, 2.24) is 5.32 Å². The fourth-order valence-electron chi connectivity index (χ4n) is 1.31. The van der Waals surface area contributed by atoms with Crippen molar-refractivity contribution in [3.63, 3.8) is 0 Å². The van der Waals surface area contributed by atoms with Crippen LogP contribution in [0.3, 0.4) is 0 Å². The van der Waals surface area contributed by atoms with Gasteiger partial charge >= 0.3 is 0 Å². The second-order valence-corrected chi connectivity index (χ2v) is 3.84. The van der Waals surface area contributed by atoms with Gasteiger partial charge in [0.2, 0.25) is 0 Å². The van der Waals surface area contributed by atoms with Crippen LogP contribution in [0.4, 0.5) is 0 Å². The van der Waals surface area contributed by atoms with E-state index in [4.69, 9.17) is 14.2 Å². The third-order valence-corrected chi connectivity index (χ3v) is 2.29. The van der Waals surface area contributed by atoms with E-state index in [0.29, 0.717) is 5.41 Å². The average Bonchev–Trinajstić information content (AvgIpc) is 2.10. The van der Waals surface area contributed by atoms with Crippen molar-refractivity contribution in [2.45, 2.75) is 13.2 Å². The standard InChI is InChI=1S/C9H19NO3/c1-9(6-13-7-9)5-10-4-8(11-2)12-3/h8,10H,4-7H2,1-3H3. The molecule has 78 valence electrons. The quantitative estimate of drug-likeness (QED) is 0.607. The third kappa shape index (κ3) is 3.23. The summed E-state index contributed by atoms with van der Waals surface area (Å²) in [6.45, 7) is 5.59. The van der Waals surface area contributed by atoms with Gasteiger partial charge in [0.25, 0.3) is 0 Å². The highest BCUT2D eigenvalue weighted by Gasteiger charge is 2.32. The Morgan fingerprint density at radius 2 is 2.00 bits per heavy atom. The van der Waals surface area contributed by atoms with Gasteiger partial charge in [-0.05, 0) is 0 Å². The largest absolute Gasteiger partial charge is 0.380 e. The zero-order valence-corrected chi connectivity index (χ0v) is 8.63. The van der Waals surface area contributed by atoms with Crippen LogP contribution < -0.4 is 5.32 Å². The first-order valence-corrected chi connectivity index (χ1v) is 4.54. The van der Waals surface area contributed by atoms with Crippen LogP contribution in [0.15, 0.2) is 0 Å². The molecule has 0 aromatic heterocycles. The lowest BCUT2D eigenvalue weighted by molar-refractivity contribution is -0.115. The van der Waals surface area contributed by atoms with E-state index in [9.17, 15) is 0 Å². The molecule has 0 spiro atoms. The summed E-state index contributed by atoms with van der Waals surface area (Å²) in [7, 11) is 3.29. The van der Waals surface area contributed by atoms with Crippen molar-refractivity contribution in [3.8, 4) is 0 Å². The summed E-state index contributed by atoms with van der Waals surface area (Å²) < 4.78 is 15.2. The van der Waals surface area contributed by atoms with Crippen molar-refractivity contribution < 1.29 is 14.2 Å². The molecule has 0 bridgehead atoms. The molecule has 0 aliphatic carbocycles. The first-order chi connectivity index (χ1) is 6.20. The number of hydrogen-bond donors (Lipinski definition) is 1. The molecule has 13 heavy (non-hydrogen) atoms. The van der Waals surface area contributed by atoms with Crippen LogP contribution in [0, 0.1) is 5.41 Å². The topological polar surface area (TPSA) is 39.7 Å². The lowest BCUT2D eigenvalue weighted by atomic mass is 9.89. The second kappa shape index (κ2) is 4.91. The van der Waals surface area contributed by atoms with E-state index >= 15 is 0 Å². The molecule has 1 rings (SSSR count). The highest BCUT2D eigenvalue weighted by atomic mass is 16.7. The van der Waals surface area contributed by atoms with Crippen LogP contribution in [0.2, 0.25) is 0 Å². The average molecular weight is 189 g/mol. The summed E-state index contributed by atoms with van der Waals surface area (Å²) in [5.41, 5.74) is 0.312. The van der Waals surface area contributed by atoms with Crippen molar-refractivity contribution in [1.29, 1.82) is 0 Å². The maximum absolute atomic E-state index is 5.15. The molecule has 4 nitrogen and oxygen atoms in total. The Labute approximate surface area is 79.5 Å². The molecule has 0 atom stereocenters. The second-order valence-electron chi connectivity index (χ2n) is 3.84. The summed E-state index contributed by atoms with van der Waals surface area (Å²) in [4.78, 5) is 0. The highest BCUT2D eigenvalue weighted by Crippen LogP contribution is 2.24. The molecule has 0 unspecified atom stereocenters.